The van der Waals surface area contributed by atoms with Crippen molar-refractivity contribution in [2.24, 2.45) is 0 Å². The smallest absolute Gasteiger partial charge is 0.204 e. The van der Waals surface area contributed by atoms with Crippen molar-refractivity contribution in [3.63, 3.8) is 0 Å². The molecule has 0 atom stereocenters. The normalized spacial score (nSPS) is 11.7. The molecule has 4 rings (SSSR count). The van der Waals surface area contributed by atoms with Gasteiger partial charge in [-0.25, -0.2) is 0 Å². The second-order valence-corrected chi connectivity index (χ2v) is 4.96. The maximum absolute atomic E-state index is 8.86. The Morgan fingerprint density at radius 1 is 0.762 bits per heavy atom. The van der Waals surface area contributed by atoms with Gasteiger partial charge in [0.2, 0.25) is 5.76 Å². The average Bonchev–Trinajstić information content (AvgIpc) is 3.12. The number of benzene rings is 2. The summed E-state index contributed by atoms with van der Waals surface area (Å²) in [5.74, 6) is 1.04. The van der Waals surface area contributed by atoms with Gasteiger partial charge in [0.05, 0.1) is 0 Å². The van der Waals surface area contributed by atoms with Gasteiger partial charge in [0.15, 0.2) is 0 Å². The van der Waals surface area contributed by atoms with Crippen molar-refractivity contribution in [3.05, 3.63) is 83.3 Å². The monoisotopic (exact) mass is 269 g/mol. The maximum Gasteiger partial charge on any atom is 0.204 e. The Morgan fingerprint density at radius 2 is 1.33 bits per heavy atom. The lowest BCUT2D eigenvalue weighted by molar-refractivity contribution is 0.543. The Bertz CT molecular complexity index is 862. The van der Waals surface area contributed by atoms with Gasteiger partial charge in [0.1, 0.15) is 11.8 Å². The van der Waals surface area contributed by atoms with Crippen LogP contribution in [0.1, 0.15) is 22.6 Å². The van der Waals surface area contributed by atoms with Gasteiger partial charge in [0, 0.05) is 0 Å². The number of rotatable bonds is 1. The summed E-state index contributed by atoms with van der Waals surface area (Å²) in [6.45, 7) is 0. The van der Waals surface area contributed by atoms with E-state index in [1.54, 1.807) is 6.07 Å². The Kier molecular flexibility index (Phi) is 2.52. The lowest BCUT2D eigenvalue weighted by atomic mass is 10.0. The van der Waals surface area contributed by atoms with Gasteiger partial charge in [0.25, 0.3) is 0 Å². The van der Waals surface area contributed by atoms with E-state index < -0.39 is 0 Å². The molecule has 2 heteroatoms. The van der Waals surface area contributed by atoms with Crippen LogP contribution in [0.3, 0.4) is 0 Å². The highest BCUT2D eigenvalue weighted by Crippen LogP contribution is 2.44. The highest BCUT2D eigenvalue weighted by atomic mass is 16.3. The minimum Gasteiger partial charge on any atom is -0.446 e. The van der Waals surface area contributed by atoms with Gasteiger partial charge in [-0.05, 0) is 46.0 Å². The summed E-state index contributed by atoms with van der Waals surface area (Å²) in [6.07, 6.45) is 2.01. The molecule has 2 nitrogen and oxygen atoms in total. The average molecular weight is 269 g/mol. The number of nitrogens with zero attached hydrogens (tertiary/aromatic N) is 1. The summed E-state index contributed by atoms with van der Waals surface area (Å²) in [6, 6.07) is 22.2. The van der Waals surface area contributed by atoms with Crippen molar-refractivity contribution < 1.29 is 4.42 Å². The molecule has 1 aromatic heterocycles. The molecule has 0 amide bonds. The van der Waals surface area contributed by atoms with E-state index in [0.717, 1.165) is 5.57 Å². The molecule has 0 spiro atoms. The first kappa shape index (κ1) is 11.7. The molecule has 2 aromatic carbocycles. The molecule has 98 valence electrons. The third-order valence-corrected chi connectivity index (χ3v) is 3.75. The van der Waals surface area contributed by atoms with Crippen molar-refractivity contribution in [1.82, 2.24) is 0 Å². The van der Waals surface area contributed by atoms with Crippen LogP contribution in [0.15, 0.2) is 65.1 Å². The first-order valence-electron chi connectivity index (χ1n) is 6.77. The van der Waals surface area contributed by atoms with Crippen LogP contribution in [-0.4, -0.2) is 0 Å². The molecule has 0 aliphatic heterocycles. The first-order valence-corrected chi connectivity index (χ1v) is 6.77. The number of hydrogen-bond donors (Lipinski definition) is 0. The standard InChI is InChI=1S/C19H11NO/c20-12-14-10-9-13(21-14)11-19-17-7-3-1-5-15(17)16-6-2-4-8-18(16)19/h1-11H. The summed E-state index contributed by atoms with van der Waals surface area (Å²) in [7, 11) is 0. The second kappa shape index (κ2) is 4.50. The lowest BCUT2D eigenvalue weighted by Gasteiger charge is -2.01. The zero-order valence-electron chi connectivity index (χ0n) is 11.2. The van der Waals surface area contributed by atoms with Crippen LogP contribution in [0.5, 0.6) is 0 Å². The van der Waals surface area contributed by atoms with E-state index in [1.807, 2.05) is 30.3 Å². The molecular weight excluding hydrogens is 258 g/mol. The van der Waals surface area contributed by atoms with E-state index in [9.17, 15) is 0 Å². The largest absolute Gasteiger partial charge is 0.446 e. The number of fused-ring (bicyclic) bond motifs is 3. The van der Waals surface area contributed by atoms with E-state index >= 15 is 0 Å². The zero-order valence-corrected chi connectivity index (χ0v) is 11.2. The fourth-order valence-electron chi connectivity index (χ4n) is 2.84. The molecule has 0 saturated heterocycles. The molecule has 0 unspecified atom stereocenters. The van der Waals surface area contributed by atoms with Crippen LogP contribution in [0, 0.1) is 11.3 Å². The van der Waals surface area contributed by atoms with Gasteiger partial charge in [-0.3, -0.25) is 0 Å². The summed E-state index contributed by atoms with van der Waals surface area (Å²) < 4.78 is 5.49. The Labute approximate surface area is 122 Å². The lowest BCUT2D eigenvalue weighted by Crippen LogP contribution is -1.80. The van der Waals surface area contributed by atoms with Crippen molar-refractivity contribution in [2.75, 3.05) is 0 Å². The molecule has 0 saturated carbocycles. The predicted molar refractivity (Wildman–Crippen MR) is 82.3 cm³/mol. The van der Waals surface area contributed by atoms with E-state index in [4.69, 9.17) is 9.68 Å². The van der Waals surface area contributed by atoms with Gasteiger partial charge >= 0.3 is 0 Å². The molecule has 1 aliphatic rings. The highest BCUT2D eigenvalue weighted by Gasteiger charge is 2.22. The quantitative estimate of drug-likeness (QED) is 0.501. The number of nitriles is 1. The van der Waals surface area contributed by atoms with Gasteiger partial charge in [-0.1, -0.05) is 48.5 Å². The van der Waals surface area contributed by atoms with Gasteiger partial charge in [-0.15, -0.1) is 0 Å². The molecule has 1 aliphatic carbocycles. The van der Waals surface area contributed by atoms with Crippen molar-refractivity contribution in [2.45, 2.75) is 0 Å². The Balaban J connectivity index is 1.95. The highest BCUT2D eigenvalue weighted by molar-refractivity contribution is 6.06. The predicted octanol–water partition coefficient (Wildman–Crippen LogP) is 4.72. The number of hydrogen-bond acceptors (Lipinski definition) is 2. The fourth-order valence-corrected chi connectivity index (χ4v) is 2.84. The van der Waals surface area contributed by atoms with Crippen molar-refractivity contribution in [3.8, 4) is 17.2 Å². The summed E-state index contributed by atoms with van der Waals surface area (Å²) in [5.41, 5.74) is 6.03. The van der Waals surface area contributed by atoms with E-state index in [2.05, 4.69) is 36.4 Å². The zero-order chi connectivity index (χ0) is 14.2. The Hall–Kier alpha value is -3.05. The van der Waals surface area contributed by atoms with Gasteiger partial charge < -0.3 is 4.42 Å². The van der Waals surface area contributed by atoms with E-state index in [1.165, 1.54) is 22.3 Å². The molecule has 3 aromatic rings. The minimum absolute atomic E-state index is 0.335. The van der Waals surface area contributed by atoms with Crippen LogP contribution in [0.4, 0.5) is 0 Å². The second-order valence-electron chi connectivity index (χ2n) is 4.96. The SMILES string of the molecule is N#Cc1ccc(C=C2c3ccccc3-c3ccccc32)o1. The first-order chi connectivity index (χ1) is 10.4. The summed E-state index contributed by atoms with van der Waals surface area (Å²) in [5, 5.41) is 8.86. The molecule has 1 heterocycles. The van der Waals surface area contributed by atoms with Crippen LogP contribution in [-0.2, 0) is 0 Å². The molecule has 0 radical (unpaired) electrons. The van der Waals surface area contributed by atoms with E-state index in [-0.39, 0.29) is 0 Å². The van der Waals surface area contributed by atoms with Crippen LogP contribution in [0.2, 0.25) is 0 Å². The summed E-state index contributed by atoms with van der Waals surface area (Å²) in [4.78, 5) is 0. The molecule has 0 N–H and O–H groups in total. The Morgan fingerprint density at radius 3 is 1.86 bits per heavy atom. The third-order valence-electron chi connectivity index (χ3n) is 3.75. The summed E-state index contributed by atoms with van der Waals surface area (Å²) >= 11 is 0. The molecular formula is C19H11NO. The van der Waals surface area contributed by atoms with E-state index in [0.29, 0.717) is 11.5 Å². The van der Waals surface area contributed by atoms with Crippen LogP contribution < -0.4 is 0 Å². The van der Waals surface area contributed by atoms with Crippen LogP contribution >= 0.6 is 0 Å². The minimum atomic E-state index is 0.335. The van der Waals surface area contributed by atoms with Gasteiger partial charge in [-0.2, -0.15) is 5.26 Å². The topological polar surface area (TPSA) is 36.9 Å². The maximum atomic E-state index is 8.86. The molecule has 0 fully saturated rings. The fraction of sp³-hybridized carbons (Fsp3) is 0. The van der Waals surface area contributed by atoms with Crippen LogP contribution in [0.25, 0.3) is 22.8 Å². The van der Waals surface area contributed by atoms with Crippen molar-refractivity contribution in [1.29, 1.82) is 5.26 Å². The third kappa shape index (κ3) is 1.79. The molecule has 0 bridgehead atoms. The van der Waals surface area contributed by atoms with Crippen molar-refractivity contribution >= 4 is 11.6 Å². The number of furan rings is 1. The molecule has 21 heavy (non-hydrogen) atoms.